The van der Waals surface area contributed by atoms with Crippen LogP contribution in [0.3, 0.4) is 0 Å². The molecule has 4 nitrogen and oxygen atoms in total. The van der Waals surface area contributed by atoms with Crippen LogP contribution in [-0.2, 0) is 14.3 Å². The Balaban J connectivity index is 1.69. The lowest BCUT2D eigenvalue weighted by Gasteiger charge is -2.31. The van der Waals surface area contributed by atoms with Crippen molar-refractivity contribution in [3.8, 4) is 0 Å². The van der Waals surface area contributed by atoms with E-state index in [2.05, 4.69) is 0 Å². The Morgan fingerprint density at radius 1 is 1.26 bits per heavy atom. The van der Waals surface area contributed by atoms with Crippen molar-refractivity contribution in [2.75, 3.05) is 6.61 Å². The average Bonchev–Trinajstić information content (AvgIpc) is 3.06. The number of aliphatic carboxylic acids is 1. The Labute approximate surface area is 114 Å². The largest absolute Gasteiger partial charge is 0.481 e. The quantitative estimate of drug-likeness (QED) is 0.855. The van der Waals surface area contributed by atoms with Crippen molar-refractivity contribution in [2.45, 2.75) is 76.1 Å². The molecule has 3 rings (SSSR count). The second-order valence-electron chi connectivity index (χ2n) is 6.60. The number of hydrogen-bond acceptors (Lipinski definition) is 3. The van der Waals surface area contributed by atoms with Gasteiger partial charge in [-0.1, -0.05) is 12.8 Å². The van der Waals surface area contributed by atoms with Crippen LogP contribution in [0.2, 0.25) is 0 Å². The molecule has 4 heteroatoms. The summed E-state index contributed by atoms with van der Waals surface area (Å²) in [4.78, 5) is 11.7. The number of ether oxygens (including phenoxy) is 2. The summed E-state index contributed by atoms with van der Waals surface area (Å²) in [6.45, 7) is 2.45. The summed E-state index contributed by atoms with van der Waals surface area (Å²) in [5, 5.41) is 9.62. The third kappa shape index (κ3) is 2.19. The highest BCUT2D eigenvalue weighted by molar-refractivity contribution is 5.75. The second-order valence-corrected chi connectivity index (χ2v) is 6.60. The Bertz CT molecular complexity index is 361. The van der Waals surface area contributed by atoms with Gasteiger partial charge in [-0.25, -0.2) is 0 Å². The standard InChI is InChI=1S/C15H24O4/c1-11-15(13(16)17,8-9-18-11)10-12-4-7-14(19-12)5-2-3-6-14/h11-12H,2-10H2,1H3,(H,16,17). The van der Waals surface area contributed by atoms with Crippen molar-refractivity contribution in [1.29, 1.82) is 0 Å². The molecule has 3 atom stereocenters. The number of carbonyl (C=O) groups is 1. The third-order valence-electron chi connectivity index (χ3n) is 5.57. The summed E-state index contributed by atoms with van der Waals surface area (Å²) >= 11 is 0. The third-order valence-corrected chi connectivity index (χ3v) is 5.57. The molecule has 0 aromatic rings. The summed E-state index contributed by atoms with van der Waals surface area (Å²) < 4.78 is 11.8. The molecule has 2 aliphatic heterocycles. The Morgan fingerprint density at radius 2 is 2.00 bits per heavy atom. The summed E-state index contributed by atoms with van der Waals surface area (Å²) in [6.07, 6.45) is 8.12. The lowest BCUT2D eigenvalue weighted by atomic mass is 9.76. The molecule has 0 radical (unpaired) electrons. The number of carboxylic acids is 1. The average molecular weight is 268 g/mol. The molecule has 1 saturated carbocycles. The van der Waals surface area contributed by atoms with E-state index in [1.807, 2.05) is 6.92 Å². The van der Waals surface area contributed by atoms with Gasteiger partial charge in [-0.3, -0.25) is 4.79 Å². The molecule has 2 saturated heterocycles. The molecular weight excluding hydrogens is 244 g/mol. The Morgan fingerprint density at radius 3 is 2.58 bits per heavy atom. The van der Waals surface area contributed by atoms with Gasteiger partial charge in [0.2, 0.25) is 0 Å². The smallest absolute Gasteiger partial charge is 0.312 e. The van der Waals surface area contributed by atoms with Crippen LogP contribution in [0.25, 0.3) is 0 Å². The van der Waals surface area contributed by atoms with Crippen molar-refractivity contribution in [3.63, 3.8) is 0 Å². The fourth-order valence-electron chi connectivity index (χ4n) is 4.25. The van der Waals surface area contributed by atoms with Gasteiger partial charge in [0.1, 0.15) is 0 Å². The maximum atomic E-state index is 11.7. The van der Waals surface area contributed by atoms with E-state index in [0.29, 0.717) is 19.4 Å². The first kappa shape index (κ1) is 13.4. The minimum atomic E-state index is -0.727. The minimum Gasteiger partial charge on any atom is -0.481 e. The summed E-state index contributed by atoms with van der Waals surface area (Å²) in [5.74, 6) is -0.714. The van der Waals surface area contributed by atoms with Gasteiger partial charge < -0.3 is 14.6 Å². The molecule has 19 heavy (non-hydrogen) atoms. The lowest BCUT2D eigenvalue weighted by Crippen LogP contribution is -2.41. The fraction of sp³-hybridized carbons (Fsp3) is 0.933. The highest BCUT2D eigenvalue weighted by Crippen LogP contribution is 2.48. The molecule has 2 heterocycles. The van der Waals surface area contributed by atoms with Gasteiger partial charge in [0.05, 0.1) is 23.2 Å². The molecule has 3 fully saturated rings. The molecule has 3 aliphatic rings. The van der Waals surface area contributed by atoms with E-state index >= 15 is 0 Å². The van der Waals surface area contributed by atoms with Crippen molar-refractivity contribution in [3.05, 3.63) is 0 Å². The van der Waals surface area contributed by atoms with Gasteiger partial charge in [-0.15, -0.1) is 0 Å². The lowest BCUT2D eigenvalue weighted by molar-refractivity contribution is -0.156. The highest BCUT2D eigenvalue weighted by Gasteiger charge is 2.52. The predicted molar refractivity (Wildman–Crippen MR) is 70.0 cm³/mol. The first-order valence-corrected chi connectivity index (χ1v) is 7.59. The molecule has 0 amide bonds. The van der Waals surface area contributed by atoms with Crippen molar-refractivity contribution in [2.24, 2.45) is 5.41 Å². The van der Waals surface area contributed by atoms with E-state index in [-0.39, 0.29) is 17.8 Å². The van der Waals surface area contributed by atoms with Gasteiger partial charge in [0.25, 0.3) is 0 Å². The van der Waals surface area contributed by atoms with Crippen LogP contribution in [0.15, 0.2) is 0 Å². The van der Waals surface area contributed by atoms with Crippen molar-refractivity contribution in [1.82, 2.24) is 0 Å². The summed E-state index contributed by atoms with van der Waals surface area (Å²) in [5.41, 5.74) is -0.637. The van der Waals surface area contributed by atoms with Gasteiger partial charge in [0, 0.05) is 6.61 Å². The number of rotatable bonds is 3. The normalized spacial score (nSPS) is 41.1. The monoisotopic (exact) mass is 268 g/mol. The van der Waals surface area contributed by atoms with Gasteiger partial charge >= 0.3 is 5.97 Å². The fourth-order valence-corrected chi connectivity index (χ4v) is 4.25. The van der Waals surface area contributed by atoms with Gasteiger partial charge in [-0.2, -0.15) is 0 Å². The van der Waals surface area contributed by atoms with E-state index in [4.69, 9.17) is 9.47 Å². The van der Waals surface area contributed by atoms with Crippen LogP contribution in [-0.4, -0.2) is 35.5 Å². The van der Waals surface area contributed by atoms with Crippen LogP contribution in [0, 0.1) is 5.41 Å². The predicted octanol–water partition coefficient (Wildman–Crippen LogP) is 2.75. The van der Waals surface area contributed by atoms with Crippen LogP contribution < -0.4 is 0 Å². The molecule has 0 bridgehead atoms. The highest BCUT2D eigenvalue weighted by atomic mass is 16.5. The molecule has 1 spiro atoms. The molecule has 1 N–H and O–H groups in total. The van der Waals surface area contributed by atoms with E-state index in [9.17, 15) is 9.90 Å². The van der Waals surface area contributed by atoms with Crippen LogP contribution >= 0.6 is 0 Å². The summed E-state index contributed by atoms with van der Waals surface area (Å²) in [7, 11) is 0. The molecule has 108 valence electrons. The van der Waals surface area contributed by atoms with Crippen molar-refractivity contribution >= 4 is 5.97 Å². The van der Waals surface area contributed by atoms with Gasteiger partial charge in [0.15, 0.2) is 0 Å². The minimum absolute atomic E-state index is 0.0903. The maximum Gasteiger partial charge on any atom is 0.312 e. The van der Waals surface area contributed by atoms with Crippen LogP contribution in [0.4, 0.5) is 0 Å². The first-order chi connectivity index (χ1) is 9.06. The second kappa shape index (κ2) is 4.74. The van der Waals surface area contributed by atoms with E-state index in [1.54, 1.807) is 0 Å². The van der Waals surface area contributed by atoms with E-state index < -0.39 is 11.4 Å². The molecule has 1 aliphatic carbocycles. The first-order valence-electron chi connectivity index (χ1n) is 7.59. The SMILES string of the molecule is CC1OCCC1(CC1CCC2(CCCC2)O1)C(=O)O. The van der Waals surface area contributed by atoms with Crippen molar-refractivity contribution < 1.29 is 19.4 Å². The zero-order valence-corrected chi connectivity index (χ0v) is 11.7. The Hall–Kier alpha value is -0.610. The van der Waals surface area contributed by atoms with E-state index in [1.165, 1.54) is 12.8 Å². The summed E-state index contributed by atoms with van der Waals surface area (Å²) in [6, 6.07) is 0. The van der Waals surface area contributed by atoms with E-state index in [0.717, 1.165) is 25.7 Å². The molecular formula is C15H24O4. The topological polar surface area (TPSA) is 55.8 Å². The number of hydrogen-bond donors (Lipinski definition) is 1. The van der Waals surface area contributed by atoms with Gasteiger partial charge in [-0.05, 0) is 45.4 Å². The molecule has 0 aromatic carbocycles. The zero-order valence-electron chi connectivity index (χ0n) is 11.7. The molecule has 0 aromatic heterocycles. The zero-order chi connectivity index (χ0) is 13.5. The van der Waals surface area contributed by atoms with Crippen LogP contribution in [0.1, 0.15) is 58.3 Å². The molecule has 3 unspecified atom stereocenters. The maximum absolute atomic E-state index is 11.7. The Kier molecular flexibility index (Phi) is 3.34. The van der Waals surface area contributed by atoms with Crippen LogP contribution in [0.5, 0.6) is 0 Å². The number of carboxylic acid groups (broad SMARTS) is 1.